The highest BCUT2D eigenvalue weighted by molar-refractivity contribution is 6.05. The van der Waals surface area contributed by atoms with Crippen LogP contribution in [-0.4, -0.2) is 43.1 Å². The van der Waals surface area contributed by atoms with Gasteiger partial charge in [0, 0.05) is 24.8 Å². The summed E-state index contributed by atoms with van der Waals surface area (Å²) in [6, 6.07) is 9.29. The van der Waals surface area contributed by atoms with E-state index in [0.717, 1.165) is 29.9 Å². The van der Waals surface area contributed by atoms with Crippen molar-refractivity contribution in [3.05, 3.63) is 42.1 Å². The maximum atomic E-state index is 12.8. The van der Waals surface area contributed by atoms with Crippen molar-refractivity contribution in [1.29, 1.82) is 0 Å². The van der Waals surface area contributed by atoms with Gasteiger partial charge in [-0.25, -0.2) is 9.78 Å². The summed E-state index contributed by atoms with van der Waals surface area (Å²) in [5.74, 6) is 0.384. The van der Waals surface area contributed by atoms with Gasteiger partial charge in [-0.15, -0.1) is 0 Å². The van der Waals surface area contributed by atoms with Crippen LogP contribution in [-0.2, 0) is 9.53 Å². The molecule has 1 atom stereocenters. The number of methoxy groups -OCH3 is 1. The molecule has 1 amide bonds. The number of benzene rings is 1. The molecular formula is C22H26N4O3. The average Bonchev–Trinajstić information content (AvgIpc) is 3.26. The summed E-state index contributed by atoms with van der Waals surface area (Å²) in [7, 11) is 3.17. The topological polar surface area (TPSA) is 74.8 Å². The molecule has 2 heterocycles. The number of pyridine rings is 1. The van der Waals surface area contributed by atoms with Crippen molar-refractivity contribution in [3.63, 3.8) is 0 Å². The second kappa shape index (κ2) is 7.73. The average molecular weight is 394 g/mol. The Morgan fingerprint density at radius 3 is 2.69 bits per heavy atom. The molecule has 0 spiro atoms. The van der Waals surface area contributed by atoms with E-state index < -0.39 is 0 Å². The molecule has 29 heavy (non-hydrogen) atoms. The van der Waals surface area contributed by atoms with Gasteiger partial charge in [0.05, 0.1) is 30.2 Å². The number of esters is 1. The Labute approximate surface area is 170 Å². The summed E-state index contributed by atoms with van der Waals surface area (Å²) < 4.78 is 4.79. The molecule has 0 saturated heterocycles. The van der Waals surface area contributed by atoms with E-state index >= 15 is 0 Å². The van der Waals surface area contributed by atoms with Crippen molar-refractivity contribution in [3.8, 4) is 0 Å². The number of ether oxygens (including phenoxy) is 1. The zero-order valence-electron chi connectivity index (χ0n) is 17.0. The molecule has 2 aliphatic rings. The molecule has 4 rings (SSSR count). The van der Waals surface area contributed by atoms with Gasteiger partial charge < -0.3 is 19.9 Å². The van der Waals surface area contributed by atoms with Gasteiger partial charge in [0.15, 0.2) is 0 Å². The van der Waals surface area contributed by atoms with Gasteiger partial charge in [-0.05, 0) is 38.0 Å². The van der Waals surface area contributed by atoms with Crippen LogP contribution in [0.2, 0.25) is 0 Å². The first-order valence-corrected chi connectivity index (χ1v) is 10.0. The molecule has 7 heteroatoms. The largest absolute Gasteiger partial charge is 0.465 e. The number of carbonyl (C=O) groups is 2. The number of aromatic nitrogens is 1. The Balaban J connectivity index is 1.68. The van der Waals surface area contributed by atoms with Crippen molar-refractivity contribution < 1.29 is 14.3 Å². The smallest absolute Gasteiger partial charge is 0.337 e. The Morgan fingerprint density at radius 1 is 1.21 bits per heavy atom. The van der Waals surface area contributed by atoms with Crippen LogP contribution in [0, 0.1) is 0 Å². The first-order valence-electron chi connectivity index (χ1n) is 10.0. The van der Waals surface area contributed by atoms with Crippen molar-refractivity contribution in [2.45, 2.75) is 44.7 Å². The van der Waals surface area contributed by atoms with Crippen molar-refractivity contribution in [2.24, 2.45) is 0 Å². The molecule has 0 radical (unpaired) electrons. The van der Waals surface area contributed by atoms with Gasteiger partial charge in [-0.2, -0.15) is 0 Å². The molecule has 1 fully saturated rings. The molecule has 1 aromatic heterocycles. The number of amides is 1. The highest BCUT2D eigenvalue weighted by Gasteiger charge is 2.38. The number of anilines is 4. The Hall–Kier alpha value is -3.09. The third-order valence-corrected chi connectivity index (χ3v) is 5.88. The molecule has 1 aliphatic heterocycles. The lowest BCUT2D eigenvalue weighted by atomic mass is 10.0. The molecule has 1 aliphatic carbocycles. The van der Waals surface area contributed by atoms with Crippen LogP contribution in [0.3, 0.4) is 0 Å². The molecular weight excluding hydrogens is 368 g/mol. The Kier molecular flexibility index (Phi) is 5.13. The van der Waals surface area contributed by atoms with E-state index in [1.165, 1.54) is 20.0 Å². The first-order chi connectivity index (χ1) is 14.0. The van der Waals surface area contributed by atoms with E-state index in [-0.39, 0.29) is 17.9 Å². The fourth-order valence-corrected chi connectivity index (χ4v) is 4.38. The number of carbonyl (C=O) groups excluding carboxylic acids is 2. The normalized spacial score (nSPS) is 19.3. The summed E-state index contributed by atoms with van der Waals surface area (Å²) >= 11 is 0. The molecule has 152 valence electrons. The molecule has 2 aromatic rings. The minimum atomic E-state index is -0.381. The minimum Gasteiger partial charge on any atom is -0.465 e. The second-order valence-electron chi connectivity index (χ2n) is 7.67. The quantitative estimate of drug-likeness (QED) is 0.797. The highest BCUT2D eigenvalue weighted by atomic mass is 16.5. The maximum Gasteiger partial charge on any atom is 0.337 e. The fourth-order valence-electron chi connectivity index (χ4n) is 4.38. The maximum absolute atomic E-state index is 12.8. The number of hydrogen-bond donors (Lipinski definition) is 1. The van der Waals surface area contributed by atoms with Crippen molar-refractivity contribution in [2.75, 3.05) is 29.3 Å². The predicted molar refractivity (Wildman–Crippen MR) is 113 cm³/mol. The fraction of sp³-hybridized carbons (Fsp3) is 0.409. The SMILES string of the molecule is COC(=O)c1cccc(Nc2cc3c(cn2)N(C)C(=O)C(C)N3C2CCCC2)c1. The molecule has 1 N–H and O–H groups in total. The molecule has 1 saturated carbocycles. The van der Waals surface area contributed by atoms with Gasteiger partial charge in [0.2, 0.25) is 5.91 Å². The summed E-state index contributed by atoms with van der Waals surface area (Å²) in [4.78, 5) is 33.0. The van der Waals surface area contributed by atoms with Crippen LogP contribution >= 0.6 is 0 Å². The Bertz CT molecular complexity index is 939. The van der Waals surface area contributed by atoms with E-state index in [1.807, 2.05) is 19.1 Å². The zero-order valence-corrected chi connectivity index (χ0v) is 17.0. The first kappa shape index (κ1) is 19.2. The van der Waals surface area contributed by atoms with Gasteiger partial charge >= 0.3 is 5.97 Å². The number of rotatable bonds is 4. The summed E-state index contributed by atoms with van der Waals surface area (Å²) in [5.41, 5.74) is 3.07. The van der Waals surface area contributed by atoms with Crippen molar-refractivity contribution >= 4 is 34.8 Å². The van der Waals surface area contributed by atoms with Gasteiger partial charge in [-0.3, -0.25) is 4.79 Å². The lowest BCUT2D eigenvalue weighted by Gasteiger charge is -2.43. The molecule has 0 bridgehead atoms. The minimum absolute atomic E-state index is 0.0951. The molecule has 7 nitrogen and oxygen atoms in total. The van der Waals surface area contributed by atoms with Crippen LogP contribution in [0.25, 0.3) is 0 Å². The number of nitrogens with one attached hydrogen (secondary N) is 1. The molecule has 1 unspecified atom stereocenters. The zero-order chi connectivity index (χ0) is 20.5. The summed E-state index contributed by atoms with van der Waals surface area (Å²) in [5, 5.41) is 3.28. The number of hydrogen-bond acceptors (Lipinski definition) is 6. The van der Waals surface area contributed by atoms with E-state index in [0.29, 0.717) is 17.4 Å². The van der Waals surface area contributed by atoms with Crippen LogP contribution in [0.15, 0.2) is 36.5 Å². The predicted octanol–water partition coefficient (Wildman–Crippen LogP) is 3.73. The van der Waals surface area contributed by atoms with E-state index in [4.69, 9.17) is 4.74 Å². The van der Waals surface area contributed by atoms with Gasteiger partial charge in [-0.1, -0.05) is 18.9 Å². The van der Waals surface area contributed by atoms with Crippen LogP contribution in [0.1, 0.15) is 43.0 Å². The van der Waals surface area contributed by atoms with E-state index in [2.05, 4.69) is 15.2 Å². The monoisotopic (exact) mass is 394 g/mol. The van der Waals surface area contributed by atoms with Gasteiger partial charge in [0.25, 0.3) is 0 Å². The summed E-state index contributed by atoms with van der Waals surface area (Å²) in [6.07, 6.45) is 6.35. The Morgan fingerprint density at radius 2 is 1.97 bits per heavy atom. The van der Waals surface area contributed by atoms with Crippen molar-refractivity contribution in [1.82, 2.24) is 4.98 Å². The second-order valence-corrected chi connectivity index (χ2v) is 7.67. The number of fused-ring (bicyclic) bond motifs is 1. The third-order valence-electron chi connectivity index (χ3n) is 5.88. The highest BCUT2D eigenvalue weighted by Crippen LogP contribution is 2.41. The lowest BCUT2D eigenvalue weighted by molar-refractivity contribution is -0.119. The number of nitrogens with zero attached hydrogens (tertiary/aromatic N) is 3. The summed E-state index contributed by atoms with van der Waals surface area (Å²) in [6.45, 7) is 1.98. The van der Waals surface area contributed by atoms with Crippen LogP contribution in [0.4, 0.5) is 22.9 Å². The van der Waals surface area contributed by atoms with Crippen LogP contribution in [0.5, 0.6) is 0 Å². The van der Waals surface area contributed by atoms with E-state index in [1.54, 1.807) is 36.3 Å². The number of likely N-dealkylation sites (N-methyl/N-ethyl adjacent to an activating group) is 1. The van der Waals surface area contributed by atoms with Gasteiger partial charge in [0.1, 0.15) is 11.9 Å². The lowest BCUT2D eigenvalue weighted by Crippen LogP contribution is -2.54. The third kappa shape index (κ3) is 3.52. The molecule has 1 aromatic carbocycles. The van der Waals surface area contributed by atoms with Crippen LogP contribution < -0.4 is 15.1 Å². The van der Waals surface area contributed by atoms with E-state index in [9.17, 15) is 9.59 Å². The standard InChI is InChI=1S/C22H26N4O3/c1-14-21(27)25(2)19-13-23-20(12-18(19)26(14)17-9-4-5-10-17)24-16-8-6-7-15(11-16)22(28)29-3/h6-8,11-14,17H,4-5,9-10H2,1-3H3,(H,23,24).